The Morgan fingerprint density at radius 3 is 2.88 bits per heavy atom. The number of hydrogen-bond donors (Lipinski definition) is 1. The molecule has 26 heavy (non-hydrogen) atoms. The fourth-order valence-electron chi connectivity index (χ4n) is 2.94. The van der Waals surface area contributed by atoms with E-state index in [4.69, 9.17) is 21.1 Å². The Morgan fingerprint density at radius 2 is 2.12 bits per heavy atom. The average molecular weight is 394 g/mol. The van der Waals surface area contributed by atoms with Crippen LogP contribution in [0.25, 0.3) is 0 Å². The van der Waals surface area contributed by atoms with Crippen LogP contribution < -0.4 is 10.1 Å². The van der Waals surface area contributed by atoms with Gasteiger partial charge in [0.05, 0.1) is 17.2 Å². The third-order valence-corrected chi connectivity index (χ3v) is 5.62. The molecule has 0 saturated heterocycles. The monoisotopic (exact) mass is 393 g/mol. The van der Waals surface area contributed by atoms with Gasteiger partial charge in [-0.1, -0.05) is 17.7 Å². The fraction of sp³-hybridized carbons (Fsp3) is 0.368. The van der Waals surface area contributed by atoms with Crippen LogP contribution in [0.2, 0.25) is 5.02 Å². The molecule has 1 aliphatic carbocycles. The van der Waals surface area contributed by atoms with Crippen molar-refractivity contribution in [2.24, 2.45) is 0 Å². The number of carbonyl (C=O) groups excluding carboxylic acids is 2. The molecule has 1 N–H and O–H groups in total. The van der Waals surface area contributed by atoms with Crippen LogP contribution in [-0.2, 0) is 22.4 Å². The zero-order valence-electron chi connectivity index (χ0n) is 14.7. The van der Waals surface area contributed by atoms with Crippen molar-refractivity contribution in [1.29, 1.82) is 0 Å². The van der Waals surface area contributed by atoms with Crippen molar-refractivity contribution < 1.29 is 19.1 Å². The molecule has 1 amide bonds. The van der Waals surface area contributed by atoms with Gasteiger partial charge in [0, 0.05) is 4.88 Å². The van der Waals surface area contributed by atoms with Crippen LogP contribution in [0.15, 0.2) is 18.2 Å². The summed E-state index contributed by atoms with van der Waals surface area (Å²) in [5, 5.41) is 3.78. The highest BCUT2D eigenvalue weighted by Crippen LogP contribution is 2.39. The zero-order valence-corrected chi connectivity index (χ0v) is 16.3. The first-order chi connectivity index (χ1) is 12.5. The number of benzene rings is 1. The van der Waals surface area contributed by atoms with Gasteiger partial charge in [0.15, 0.2) is 6.61 Å². The molecule has 0 aliphatic heterocycles. The molecule has 0 atom stereocenters. The number of halogens is 1. The molecular formula is C19H20ClNO4S. The first-order valence-electron chi connectivity index (χ1n) is 8.50. The molecule has 5 nitrogen and oxygen atoms in total. The molecule has 1 aromatic heterocycles. The number of ether oxygens (including phenoxy) is 2. The predicted octanol–water partition coefficient (Wildman–Crippen LogP) is 4.39. The molecule has 138 valence electrons. The van der Waals surface area contributed by atoms with E-state index in [1.54, 1.807) is 19.1 Å². The molecule has 0 unspecified atom stereocenters. The minimum absolute atomic E-state index is 0.187. The van der Waals surface area contributed by atoms with Gasteiger partial charge in [-0.15, -0.1) is 11.3 Å². The van der Waals surface area contributed by atoms with Gasteiger partial charge in [0.2, 0.25) is 0 Å². The molecule has 1 aliphatic rings. The summed E-state index contributed by atoms with van der Waals surface area (Å²) in [6.45, 7) is 3.80. The second-order valence-electron chi connectivity index (χ2n) is 6.05. The normalized spacial score (nSPS) is 12.6. The zero-order chi connectivity index (χ0) is 18.7. The highest BCUT2D eigenvalue weighted by molar-refractivity contribution is 7.17. The molecule has 7 heteroatoms. The Labute approximate surface area is 161 Å². The van der Waals surface area contributed by atoms with Crippen LogP contribution in [0.1, 0.15) is 39.7 Å². The fourth-order valence-corrected chi connectivity index (χ4v) is 4.40. The van der Waals surface area contributed by atoms with Gasteiger partial charge in [-0.3, -0.25) is 4.79 Å². The summed E-state index contributed by atoms with van der Waals surface area (Å²) in [6, 6.07) is 5.38. The third kappa shape index (κ3) is 4.02. The summed E-state index contributed by atoms with van der Waals surface area (Å²) >= 11 is 7.52. The highest BCUT2D eigenvalue weighted by Gasteiger charge is 2.28. The number of aryl methyl sites for hydroxylation is 2. The van der Waals surface area contributed by atoms with Gasteiger partial charge in [-0.05, 0) is 56.4 Å². The predicted molar refractivity (Wildman–Crippen MR) is 103 cm³/mol. The van der Waals surface area contributed by atoms with Crippen molar-refractivity contribution in [3.63, 3.8) is 0 Å². The smallest absolute Gasteiger partial charge is 0.341 e. The number of thiophene rings is 1. The quantitative estimate of drug-likeness (QED) is 0.739. The Bertz CT molecular complexity index is 846. The van der Waals surface area contributed by atoms with E-state index in [2.05, 4.69) is 5.32 Å². The lowest BCUT2D eigenvalue weighted by molar-refractivity contribution is -0.118. The third-order valence-electron chi connectivity index (χ3n) is 4.10. The maximum absolute atomic E-state index is 12.3. The average Bonchev–Trinajstić information content (AvgIpc) is 3.16. The van der Waals surface area contributed by atoms with Crippen molar-refractivity contribution >= 4 is 39.8 Å². The van der Waals surface area contributed by atoms with Crippen molar-refractivity contribution in [2.75, 3.05) is 18.5 Å². The summed E-state index contributed by atoms with van der Waals surface area (Å²) in [6.07, 6.45) is 2.79. The minimum atomic E-state index is -0.384. The second kappa shape index (κ2) is 8.10. The molecule has 0 bridgehead atoms. The first kappa shape index (κ1) is 18.7. The lowest BCUT2D eigenvalue weighted by Crippen LogP contribution is -2.21. The van der Waals surface area contributed by atoms with Crippen molar-refractivity contribution in [3.05, 3.63) is 44.8 Å². The summed E-state index contributed by atoms with van der Waals surface area (Å²) < 4.78 is 10.7. The van der Waals surface area contributed by atoms with Gasteiger partial charge in [-0.25, -0.2) is 4.79 Å². The molecule has 0 saturated carbocycles. The lowest BCUT2D eigenvalue weighted by Gasteiger charge is -2.10. The Morgan fingerprint density at radius 1 is 1.31 bits per heavy atom. The maximum Gasteiger partial charge on any atom is 0.341 e. The second-order valence-corrected chi connectivity index (χ2v) is 7.57. The van der Waals surface area contributed by atoms with E-state index >= 15 is 0 Å². The first-order valence-corrected chi connectivity index (χ1v) is 9.69. The molecule has 0 radical (unpaired) electrons. The van der Waals surface area contributed by atoms with Crippen LogP contribution in [0, 0.1) is 6.92 Å². The number of rotatable bonds is 6. The van der Waals surface area contributed by atoms with Gasteiger partial charge in [0.1, 0.15) is 10.8 Å². The molecule has 3 rings (SSSR count). The number of amides is 1. The van der Waals surface area contributed by atoms with Gasteiger partial charge < -0.3 is 14.8 Å². The molecule has 0 spiro atoms. The molecule has 1 heterocycles. The number of esters is 1. The topological polar surface area (TPSA) is 64.6 Å². The highest BCUT2D eigenvalue weighted by atomic mass is 35.5. The molecular weight excluding hydrogens is 374 g/mol. The van der Waals surface area contributed by atoms with E-state index in [-0.39, 0.29) is 18.5 Å². The Balaban J connectivity index is 1.71. The minimum Gasteiger partial charge on any atom is -0.482 e. The maximum atomic E-state index is 12.3. The van der Waals surface area contributed by atoms with Crippen molar-refractivity contribution in [3.8, 4) is 5.75 Å². The van der Waals surface area contributed by atoms with Crippen molar-refractivity contribution in [1.82, 2.24) is 0 Å². The van der Waals surface area contributed by atoms with E-state index in [1.165, 1.54) is 11.3 Å². The number of carbonyl (C=O) groups is 2. The summed E-state index contributed by atoms with van der Waals surface area (Å²) in [5.41, 5.74) is 2.49. The van der Waals surface area contributed by atoms with E-state index in [1.807, 2.05) is 13.0 Å². The largest absolute Gasteiger partial charge is 0.482 e. The van der Waals surface area contributed by atoms with E-state index in [9.17, 15) is 9.59 Å². The van der Waals surface area contributed by atoms with E-state index in [0.717, 1.165) is 35.3 Å². The summed E-state index contributed by atoms with van der Waals surface area (Å²) in [5.74, 6) is -0.265. The Hall–Kier alpha value is -2.05. The molecule has 2 aromatic rings. The lowest BCUT2D eigenvalue weighted by atomic mass is 10.1. The van der Waals surface area contributed by atoms with Gasteiger partial charge in [-0.2, -0.15) is 0 Å². The molecule has 1 aromatic carbocycles. The Kier molecular flexibility index (Phi) is 5.84. The van der Waals surface area contributed by atoms with Crippen LogP contribution in [0.4, 0.5) is 5.00 Å². The number of nitrogens with one attached hydrogen (secondary N) is 1. The van der Waals surface area contributed by atoms with Gasteiger partial charge in [0.25, 0.3) is 5.91 Å². The van der Waals surface area contributed by atoms with Crippen molar-refractivity contribution in [2.45, 2.75) is 33.1 Å². The number of anilines is 1. The van der Waals surface area contributed by atoms with E-state index in [0.29, 0.717) is 27.9 Å². The molecule has 0 fully saturated rings. The van der Waals surface area contributed by atoms with Crippen LogP contribution in [0.5, 0.6) is 5.75 Å². The summed E-state index contributed by atoms with van der Waals surface area (Å²) in [4.78, 5) is 25.8. The number of hydrogen-bond acceptors (Lipinski definition) is 5. The SMILES string of the molecule is CCOC(=O)c1c(NC(=O)COc2cc(C)ccc2Cl)sc2c1CCC2. The number of fused-ring (bicyclic) bond motifs is 1. The van der Waals surface area contributed by atoms with Crippen LogP contribution in [0.3, 0.4) is 0 Å². The summed E-state index contributed by atoms with van der Waals surface area (Å²) in [7, 11) is 0. The van der Waals surface area contributed by atoms with Gasteiger partial charge >= 0.3 is 5.97 Å². The van der Waals surface area contributed by atoms with Crippen LogP contribution >= 0.6 is 22.9 Å². The van der Waals surface area contributed by atoms with E-state index < -0.39 is 0 Å². The standard InChI is InChI=1S/C19H20ClNO4S/c1-3-24-19(23)17-12-5-4-6-15(12)26-18(17)21-16(22)10-25-14-9-11(2)7-8-13(14)20/h7-9H,3-6,10H2,1-2H3,(H,21,22). The van der Waals surface area contributed by atoms with Crippen LogP contribution in [-0.4, -0.2) is 25.1 Å².